The van der Waals surface area contributed by atoms with Crippen LogP contribution in [-0.4, -0.2) is 31.7 Å². The molecule has 0 radical (unpaired) electrons. The Morgan fingerprint density at radius 1 is 1.19 bits per heavy atom. The maximum Gasteiger partial charge on any atom is 0.226 e. The van der Waals surface area contributed by atoms with Gasteiger partial charge in [0.2, 0.25) is 5.91 Å². The van der Waals surface area contributed by atoms with Crippen molar-refractivity contribution in [2.45, 2.75) is 63.4 Å². The molecule has 27 heavy (non-hydrogen) atoms. The molecule has 2 aromatic rings. The van der Waals surface area contributed by atoms with Gasteiger partial charge in [-0.3, -0.25) is 9.59 Å². The van der Waals surface area contributed by atoms with Gasteiger partial charge in [-0.2, -0.15) is 0 Å². The summed E-state index contributed by atoms with van der Waals surface area (Å²) in [6.45, 7) is 8.47. The van der Waals surface area contributed by atoms with Crippen LogP contribution in [0, 0.1) is 5.92 Å². The van der Waals surface area contributed by atoms with Crippen molar-refractivity contribution in [1.29, 1.82) is 0 Å². The third kappa shape index (κ3) is 4.58. The summed E-state index contributed by atoms with van der Waals surface area (Å²) in [6, 6.07) is 7.06. The number of ketones is 1. The molecule has 7 heteroatoms. The van der Waals surface area contributed by atoms with Gasteiger partial charge in [0.1, 0.15) is 5.82 Å². The fourth-order valence-corrected chi connectivity index (χ4v) is 3.78. The van der Waals surface area contributed by atoms with Crippen LogP contribution >= 0.6 is 11.8 Å². The van der Waals surface area contributed by atoms with E-state index >= 15 is 0 Å². The Bertz CT molecular complexity index is 825. The van der Waals surface area contributed by atoms with Crippen molar-refractivity contribution in [3.8, 4) is 0 Å². The van der Waals surface area contributed by atoms with E-state index in [4.69, 9.17) is 0 Å². The first-order valence-electron chi connectivity index (χ1n) is 9.45. The van der Waals surface area contributed by atoms with Crippen LogP contribution < -0.4 is 5.32 Å². The Kier molecular flexibility index (Phi) is 5.99. The number of hydrogen-bond acceptors (Lipinski definition) is 5. The van der Waals surface area contributed by atoms with Crippen molar-refractivity contribution < 1.29 is 9.59 Å². The molecule has 1 atom stereocenters. The number of rotatable bonds is 8. The van der Waals surface area contributed by atoms with Crippen molar-refractivity contribution in [2.75, 3.05) is 5.32 Å². The molecule has 1 heterocycles. The highest BCUT2D eigenvalue weighted by Crippen LogP contribution is 2.40. The number of amides is 1. The van der Waals surface area contributed by atoms with E-state index < -0.39 is 0 Å². The molecule has 1 saturated carbocycles. The summed E-state index contributed by atoms with van der Waals surface area (Å²) in [4.78, 5) is 24.5. The lowest BCUT2D eigenvalue weighted by Crippen LogP contribution is -2.18. The smallest absolute Gasteiger partial charge is 0.226 e. The summed E-state index contributed by atoms with van der Waals surface area (Å²) in [5.41, 5.74) is 1.33. The standard InChI is InChI=1S/C20H26N4O2S/c1-5-24-18(15-6-7-15)22-23-20(24)27-13(4)17(25)14-8-10-16(11-9-14)21-19(26)12(2)3/h8-13,15H,5-7H2,1-4H3,(H,21,26). The van der Waals surface area contributed by atoms with Crippen molar-refractivity contribution >= 4 is 29.1 Å². The molecule has 1 unspecified atom stereocenters. The van der Waals surface area contributed by atoms with Crippen molar-refractivity contribution in [3.05, 3.63) is 35.7 Å². The summed E-state index contributed by atoms with van der Waals surface area (Å²) < 4.78 is 2.12. The molecule has 1 fully saturated rings. The maximum atomic E-state index is 12.8. The highest BCUT2D eigenvalue weighted by Gasteiger charge is 2.30. The Morgan fingerprint density at radius 3 is 2.41 bits per heavy atom. The van der Waals surface area contributed by atoms with E-state index in [1.807, 2.05) is 20.8 Å². The monoisotopic (exact) mass is 386 g/mol. The van der Waals surface area contributed by atoms with Crippen LogP contribution in [0.25, 0.3) is 0 Å². The average molecular weight is 387 g/mol. The Balaban J connectivity index is 1.66. The number of carbonyl (C=O) groups is 2. The van der Waals surface area contributed by atoms with Gasteiger partial charge < -0.3 is 9.88 Å². The number of nitrogens with zero attached hydrogens (tertiary/aromatic N) is 3. The number of benzene rings is 1. The molecule has 1 aromatic carbocycles. The minimum Gasteiger partial charge on any atom is -0.326 e. The van der Waals surface area contributed by atoms with Gasteiger partial charge in [0.05, 0.1) is 5.25 Å². The van der Waals surface area contributed by atoms with Crippen LogP contribution in [0.2, 0.25) is 0 Å². The van der Waals surface area contributed by atoms with E-state index in [0.29, 0.717) is 17.2 Å². The predicted octanol–water partition coefficient (Wildman–Crippen LogP) is 4.13. The van der Waals surface area contributed by atoms with Crippen LogP contribution in [0.3, 0.4) is 0 Å². The van der Waals surface area contributed by atoms with Gasteiger partial charge in [-0.05, 0) is 51.0 Å². The number of carbonyl (C=O) groups excluding carboxylic acids is 2. The third-order valence-corrected chi connectivity index (χ3v) is 5.70. The molecular weight excluding hydrogens is 360 g/mol. The van der Waals surface area contributed by atoms with Crippen LogP contribution in [0.4, 0.5) is 5.69 Å². The Hall–Kier alpha value is -2.15. The average Bonchev–Trinajstić information content (AvgIpc) is 3.42. The SMILES string of the molecule is CCn1c(SC(C)C(=O)c2ccc(NC(=O)C(C)C)cc2)nnc1C1CC1. The summed E-state index contributed by atoms with van der Waals surface area (Å²) in [5.74, 6) is 1.50. The van der Waals surface area contributed by atoms with Crippen molar-refractivity contribution in [2.24, 2.45) is 5.92 Å². The fourth-order valence-electron chi connectivity index (χ4n) is 2.78. The third-order valence-electron chi connectivity index (χ3n) is 4.62. The molecule has 0 bridgehead atoms. The molecule has 6 nitrogen and oxygen atoms in total. The maximum absolute atomic E-state index is 12.8. The number of nitrogens with one attached hydrogen (secondary N) is 1. The predicted molar refractivity (Wildman–Crippen MR) is 107 cm³/mol. The van der Waals surface area contributed by atoms with Gasteiger partial charge >= 0.3 is 0 Å². The Morgan fingerprint density at radius 2 is 1.85 bits per heavy atom. The van der Waals surface area contributed by atoms with E-state index in [-0.39, 0.29) is 22.9 Å². The van der Waals surface area contributed by atoms with Crippen LogP contribution in [0.5, 0.6) is 0 Å². The zero-order valence-corrected chi connectivity index (χ0v) is 17.0. The zero-order chi connectivity index (χ0) is 19.6. The number of anilines is 1. The summed E-state index contributed by atoms with van der Waals surface area (Å²) >= 11 is 1.45. The summed E-state index contributed by atoms with van der Waals surface area (Å²) in [5, 5.41) is 12.0. The van der Waals surface area contributed by atoms with Crippen LogP contribution in [0.15, 0.2) is 29.4 Å². The minimum atomic E-state index is -0.261. The van der Waals surface area contributed by atoms with Gasteiger partial charge in [0.25, 0.3) is 0 Å². The van der Waals surface area contributed by atoms with E-state index in [1.165, 1.54) is 24.6 Å². The van der Waals surface area contributed by atoms with Gasteiger partial charge in [0.15, 0.2) is 10.9 Å². The number of aromatic nitrogens is 3. The normalized spacial score (nSPS) is 15.0. The Labute approximate surface area is 164 Å². The fraction of sp³-hybridized carbons (Fsp3) is 0.500. The number of Topliss-reactive ketones (excluding diaryl/α,β-unsaturated/α-hetero) is 1. The molecule has 1 aliphatic rings. The van der Waals surface area contributed by atoms with Gasteiger partial charge in [0, 0.05) is 29.6 Å². The van der Waals surface area contributed by atoms with Crippen LogP contribution in [-0.2, 0) is 11.3 Å². The molecular formula is C20H26N4O2S. The van der Waals surface area contributed by atoms with Crippen molar-refractivity contribution in [3.63, 3.8) is 0 Å². The molecule has 0 spiro atoms. The first-order valence-corrected chi connectivity index (χ1v) is 10.3. The summed E-state index contributed by atoms with van der Waals surface area (Å²) in [6.07, 6.45) is 2.36. The molecule has 1 aliphatic carbocycles. The van der Waals surface area contributed by atoms with E-state index in [9.17, 15) is 9.59 Å². The van der Waals surface area contributed by atoms with E-state index in [1.54, 1.807) is 24.3 Å². The molecule has 0 saturated heterocycles. The second-order valence-electron chi connectivity index (χ2n) is 7.20. The van der Waals surface area contributed by atoms with E-state index in [0.717, 1.165) is 17.5 Å². The largest absolute Gasteiger partial charge is 0.326 e. The lowest BCUT2D eigenvalue weighted by atomic mass is 10.1. The molecule has 144 valence electrons. The second-order valence-corrected chi connectivity index (χ2v) is 8.51. The molecule has 0 aliphatic heterocycles. The zero-order valence-electron chi connectivity index (χ0n) is 16.2. The van der Waals surface area contributed by atoms with Gasteiger partial charge in [-0.25, -0.2) is 0 Å². The topological polar surface area (TPSA) is 76.9 Å². The minimum absolute atomic E-state index is 0.0385. The van der Waals surface area contributed by atoms with Crippen molar-refractivity contribution in [1.82, 2.24) is 14.8 Å². The van der Waals surface area contributed by atoms with Crippen LogP contribution in [0.1, 0.15) is 62.6 Å². The van der Waals surface area contributed by atoms with Gasteiger partial charge in [-0.15, -0.1) is 10.2 Å². The van der Waals surface area contributed by atoms with Gasteiger partial charge in [-0.1, -0.05) is 25.6 Å². The lowest BCUT2D eigenvalue weighted by Gasteiger charge is -2.12. The molecule has 1 N–H and O–H groups in total. The van der Waals surface area contributed by atoms with E-state index in [2.05, 4.69) is 27.0 Å². The first-order chi connectivity index (χ1) is 12.9. The quantitative estimate of drug-likeness (QED) is 0.545. The first kappa shape index (κ1) is 19.6. The summed E-state index contributed by atoms with van der Waals surface area (Å²) in [7, 11) is 0. The lowest BCUT2D eigenvalue weighted by molar-refractivity contribution is -0.118. The second kappa shape index (κ2) is 8.25. The molecule has 1 aromatic heterocycles. The molecule has 3 rings (SSSR count). The highest BCUT2D eigenvalue weighted by molar-refractivity contribution is 8.00. The highest BCUT2D eigenvalue weighted by atomic mass is 32.2. The molecule has 1 amide bonds. The number of thioether (sulfide) groups is 1. The number of hydrogen-bond donors (Lipinski definition) is 1.